The summed E-state index contributed by atoms with van der Waals surface area (Å²) >= 11 is 1.63. The number of hydrogen-bond donors (Lipinski definition) is 1. The molecular formula is C28H27F2N9S. The van der Waals surface area contributed by atoms with Crippen LogP contribution in [0.25, 0.3) is 27.8 Å². The van der Waals surface area contributed by atoms with Gasteiger partial charge in [-0.3, -0.25) is 9.88 Å². The molecule has 0 atom stereocenters. The van der Waals surface area contributed by atoms with Crippen molar-refractivity contribution < 1.29 is 8.78 Å². The first-order valence-corrected chi connectivity index (χ1v) is 13.8. The van der Waals surface area contributed by atoms with Crippen molar-refractivity contribution in [2.45, 2.75) is 18.1 Å². The second kappa shape index (κ2) is 12.2. The number of nitriles is 1. The number of halogens is 2. The van der Waals surface area contributed by atoms with Crippen LogP contribution in [0.5, 0.6) is 0 Å². The van der Waals surface area contributed by atoms with Gasteiger partial charge in [-0.05, 0) is 36.1 Å². The first-order valence-electron chi connectivity index (χ1n) is 12.6. The highest BCUT2D eigenvalue weighted by Crippen LogP contribution is 2.32. The Kier molecular flexibility index (Phi) is 8.33. The highest BCUT2D eigenvalue weighted by Gasteiger charge is 2.20. The Morgan fingerprint density at radius 1 is 1.02 bits per heavy atom. The topological polar surface area (TPSA) is 113 Å². The lowest BCUT2D eigenvalue weighted by molar-refractivity contribution is 0.0566. The number of alkyl halides is 2. The lowest BCUT2D eigenvalue weighted by atomic mass is 9.98. The number of piperazine rings is 1. The Balaban J connectivity index is 1.33. The van der Waals surface area contributed by atoms with Gasteiger partial charge in [-0.25, -0.2) is 14.6 Å². The van der Waals surface area contributed by atoms with Crippen molar-refractivity contribution in [3.05, 3.63) is 78.8 Å². The molecule has 0 aliphatic carbocycles. The summed E-state index contributed by atoms with van der Waals surface area (Å²) in [6.45, 7) is 1.61. The molecule has 4 aromatic heterocycles. The van der Waals surface area contributed by atoms with E-state index in [1.165, 1.54) is 30.4 Å². The van der Waals surface area contributed by atoms with E-state index in [-0.39, 0.29) is 5.57 Å². The van der Waals surface area contributed by atoms with Crippen LogP contribution in [0.15, 0.2) is 72.5 Å². The van der Waals surface area contributed by atoms with Gasteiger partial charge in [-0.1, -0.05) is 6.07 Å². The summed E-state index contributed by atoms with van der Waals surface area (Å²) in [5.41, 5.74) is 9.88. The monoisotopic (exact) mass is 559 g/mol. The van der Waals surface area contributed by atoms with Crippen molar-refractivity contribution in [3.63, 3.8) is 0 Å². The number of nitrogens with two attached hydrogens (primary N) is 1. The summed E-state index contributed by atoms with van der Waals surface area (Å²) in [4.78, 5) is 18.3. The standard InChI is InChI=1S/C28H27F2N9S/c1-40-26-5-2-19(13-34-26)17-37-6-8-38(9-7-37)25-4-3-20(14-33-25)24-10-21(15-35-27(24)22(11-31)12-32)23-16-36-39(18-23)28(29)30/h2-5,10-11,13-16,18,28H,6-9,17,31H2,1H3. The van der Waals surface area contributed by atoms with Crippen molar-refractivity contribution >= 4 is 23.2 Å². The second-order valence-corrected chi connectivity index (χ2v) is 10.0. The van der Waals surface area contributed by atoms with E-state index in [2.05, 4.69) is 43.1 Å². The van der Waals surface area contributed by atoms with E-state index in [1.807, 2.05) is 24.6 Å². The van der Waals surface area contributed by atoms with Crippen LogP contribution in [0.1, 0.15) is 17.8 Å². The molecule has 1 aliphatic rings. The maximum Gasteiger partial charge on any atom is 0.333 e. The highest BCUT2D eigenvalue weighted by atomic mass is 32.2. The third kappa shape index (κ3) is 5.95. The van der Waals surface area contributed by atoms with E-state index in [1.54, 1.807) is 24.0 Å². The Labute approximate surface area is 235 Å². The first-order chi connectivity index (χ1) is 19.5. The molecule has 4 aromatic rings. The average molecular weight is 560 g/mol. The van der Waals surface area contributed by atoms with Gasteiger partial charge in [0.25, 0.3) is 0 Å². The van der Waals surface area contributed by atoms with E-state index in [0.29, 0.717) is 27.1 Å². The third-order valence-electron chi connectivity index (χ3n) is 6.73. The molecule has 5 heterocycles. The van der Waals surface area contributed by atoms with Gasteiger partial charge in [0.15, 0.2) is 0 Å². The number of nitrogens with zero attached hydrogens (tertiary/aromatic N) is 8. The van der Waals surface area contributed by atoms with Crippen molar-refractivity contribution in [2.24, 2.45) is 5.73 Å². The minimum Gasteiger partial charge on any atom is -0.403 e. The lowest BCUT2D eigenvalue weighted by Crippen LogP contribution is -2.46. The number of aromatic nitrogens is 5. The smallest absolute Gasteiger partial charge is 0.333 e. The van der Waals surface area contributed by atoms with Crippen LogP contribution in [0.3, 0.4) is 0 Å². The molecule has 9 nitrogen and oxygen atoms in total. The zero-order valence-corrected chi connectivity index (χ0v) is 22.6. The second-order valence-electron chi connectivity index (χ2n) is 9.18. The van der Waals surface area contributed by atoms with E-state index in [0.717, 1.165) is 49.1 Å². The quantitative estimate of drug-likeness (QED) is 0.243. The van der Waals surface area contributed by atoms with Gasteiger partial charge >= 0.3 is 6.55 Å². The van der Waals surface area contributed by atoms with E-state index in [4.69, 9.17) is 10.7 Å². The molecule has 0 spiro atoms. The van der Waals surface area contributed by atoms with Gasteiger partial charge in [-0.2, -0.15) is 19.1 Å². The summed E-state index contributed by atoms with van der Waals surface area (Å²) in [7, 11) is 0. The number of rotatable bonds is 8. The average Bonchev–Trinajstić information content (AvgIpc) is 3.50. The van der Waals surface area contributed by atoms with Crippen LogP contribution in [-0.4, -0.2) is 62.1 Å². The Bertz CT molecular complexity index is 1520. The third-order valence-corrected chi connectivity index (χ3v) is 7.39. The normalized spacial score (nSPS) is 14.5. The van der Waals surface area contributed by atoms with Gasteiger partial charge in [0.05, 0.1) is 22.5 Å². The molecule has 40 heavy (non-hydrogen) atoms. The van der Waals surface area contributed by atoms with Crippen LogP contribution < -0.4 is 10.6 Å². The van der Waals surface area contributed by atoms with Gasteiger partial charge in [0, 0.05) is 86.0 Å². The zero-order valence-electron chi connectivity index (χ0n) is 21.8. The molecule has 0 amide bonds. The van der Waals surface area contributed by atoms with Gasteiger partial charge in [0.1, 0.15) is 11.9 Å². The van der Waals surface area contributed by atoms with E-state index < -0.39 is 6.55 Å². The SMILES string of the molecule is CSc1ccc(CN2CCN(c3ccc(-c4cc(-c5cnn(C(F)F)c5)cnc4C(C#N)=CN)cn3)CC2)cn1. The van der Waals surface area contributed by atoms with Crippen molar-refractivity contribution in [1.82, 2.24) is 29.6 Å². The van der Waals surface area contributed by atoms with Gasteiger partial charge in [-0.15, -0.1) is 11.8 Å². The molecule has 1 aliphatic heterocycles. The summed E-state index contributed by atoms with van der Waals surface area (Å²) in [5.74, 6) is 0.855. The Morgan fingerprint density at radius 3 is 2.42 bits per heavy atom. The molecule has 0 bridgehead atoms. The predicted octanol–water partition coefficient (Wildman–Crippen LogP) is 4.66. The van der Waals surface area contributed by atoms with Gasteiger partial charge < -0.3 is 10.6 Å². The summed E-state index contributed by atoms with van der Waals surface area (Å²) in [5, 5.41) is 14.3. The maximum atomic E-state index is 13.0. The number of anilines is 1. The molecule has 0 radical (unpaired) electrons. The molecule has 0 unspecified atom stereocenters. The van der Waals surface area contributed by atoms with Crippen LogP contribution in [0.4, 0.5) is 14.6 Å². The number of pyridine rings is 3. The number of thioether (sulfide) groups is 1. The zero-order chi connectivity index (χ0) is 28.1. The first kappa shape index (κ1) is 27.2. The lowest BCUT2D eigenvalue weighted by Gasteiger charge is -2.35. The van der Waals surface area contributed by atoms with Gasteiger partial charge in [0.2, 0.25) is 0 Å². The predicted molar refractivity (Wildman–Crippen MR) is 151 cm³/mol. The van der Waals surface area contributed by atoms with Crippen molar-refractivity contribution in [2.75, 3.05) is 37.3 Å². The molecule has 0 saturated carbocycles. The van der Waals surface area contributed by atoms with Crippen LogP contribution in [0, 0.1) is 11.3 Å². The van der Waals surface area contributed by atoms with Crippen LogP contribution in [-0.2, 0) is 6.54 Å². The molecule has 5 rings (SSSR count). The molecular weight excluding hydrogens is 532 g/mol. The molecule has 12 heteroatoms. The van der Waals surface area contributed by atoms with E-state index in [9.17, 15) is 14.0 Å². The Hall–Kier alpha value is -4.34. The van der Waals surface area contributed by atoms with E-state index >= 15 is 0 Å². The Morgan fingerprint density at radius 2 is 1.82 bits per heavy atom. The summed E-state index contributed by atoms with van der Waals surface area (Å²) in [6.07, 6.45) is 11.0. The van der Waals surface area contributed by atoms with Crippen molar-refractivity contribution in [1.29, 1.82) is 5.26 Å². The number of allylic oxidation sites excluding steroid dienone is 1. The highest BCUT2D eigenvalue weighted by molar-refractivity contribution is 7.98. The summed E-state index contributed by atoms with van der Waals surface area (Å²) in [6, 6.07) is 11.9. The molecule has 0 aromatic carbocycles. The molecule has 204 valence electrons. The summed E-state index contributed by atoms with van der Waals surface area (Å²) < 4.78 is 26.7. The fourth-order valence-corrected chi connectivity index (χ4v) is 4.93. The molecule has 1 fully saturated rings. The fraction of sp³-hybridized carbons (Fsp3) is 0.250. The maximum absolute atomic E-state index is 13.0. The minimum atomic E-state index is -2.74. The van der Waals surface area contributed by atoms with Crippen molar-refractivity contribution in [3.8, 4) is 28.3 Å². The van der Waals surface area contributed by atoms with Crippen LogP contribution >= 0.6 is 11.8 Å². The molecule has 2 N–H and O–H groups in total. The largest absolute Gasteiger partial charge is 0.403 e. The number of hydrogen-bond acceptors (Lipinski definition) is 9. The molecule has 1 saturated heterocycles. The fourth-order valence-electron chi connectivity index (χ4n) is 4.57. The minimum absolute atomic E-state index is 0.198. The van der Waals surface area contributed by atoms with Crippen LogP contribution in [0.2, 0.25) is 0 Å².